The number of carbonyl (C=O) groups excluding carboxylic acids is 1. The van der Waals surface area contributed by atoms with Crippen LogP contribution in [0.25, 0.3) is 10.9 Å². The van der Waals surface area contributed by atoms with Crippen molar-refractivity contribution in [2.24, 2.45) is 0 Å². The zero-order valence-electron chi connectivity index (χ0n) is 16.1. The van der Waals surface area contributed by atoms with Crippen LogP contribution in [-0.4, -0.2) is 11.0 Å². The molecule has 4 aromatic rings. The lowest BCUT2D eigenvalue weighted by atomic mass is 10.1. The Bertz CT molecular complexity index is 1210. The number of hydrogen-bond donors (Lipinski definition) is 0. The van der Waals surface area contributed by atoms with Gasteiger partial charge in [0, 0.05) is 11.1 Å². The van der Waals surface area contributed by atoms with Crippen LogP contribution in [0.4, 0.5) is 0 Å². The van der Waals surface area contributed by atoms with Crippen molar-refractivity contribution < 1.29 is 14.3 Å². The van der Waals surface area contributed by atoms with Crippen molar-refractivity contribution in [2.75, 3.05) is 0 Å². The second kappa shape index (κ2) is 8.74. The number of rotatable bonds is 5. The number of para-hydroxylation sites is 1. The average Bonchev–Trinajstić information content (AvgIpc) is 2.76. The summed E-state index contributed by atoms with van der Waals surface area (Å²) in [7, 11) is 0. The van der Waals surface area contributed by atoms with Crippen molar-refractivity contribution in [2.45, 2.75) is 13.5 Å². The molecule has 150 valence electrons. The topological polar surface area (TPSA) is 48.4 Å². The van der Waals surface area contributed by atoms with Gasteiger partial charge in [0.2, 0.25) is 0 Å². The molecule has 0 aliphatic rings. The molecule has 0 atom stereocenters. The van der Waals surface area contributed by atoms with Crippen molar-refractivity contribution in [3.8, 4) is 11.5 Å². The van der Waals surface area contributed by atoms with Gasteiger partial charge in [-0.1, -0.05) is 53.5 Å². The minimum Gasteiger partial charge on any atom is -0.489 e. The smallest absolute Gasteiger partial charge is 0.343 e. The van der Waals surface area contributed by atoms with Crippen molar-refractivity contribution >= 4 is 40.1 Å². The summed E-state index contributed by atoms with van der Waals surface area (Å²) in [6.07, 6.45) is 0. The van der Waals surface area contributed by atoms with Crippen LogP contribution in [0.3, 0.4) is 0 Å². The van der Waals surface area contributed by atoms with Gasteiger partial charge in [-0.3, -0.25) is 0 Å². The SMILES string of the molecule is Cc1ccc2c(Cl)cc(Cl)c(OC(=O)c3ccc(COc4ccccc4)cc3)c2n1. The zero-order valence-corrected chi connectivity index (χ0v) is 17.6. The maximum Gasteiger partial charge on any atom is 0.343 e. The van der Waals surface area contributed by atoms with E-state index in [1.54, 1.807) is 18.2 Å². The lowest BCUT2D eigenvalue weighted by Crippen LogP contribution is -2.10. The van der Waals surface area contributed by atoms with Gasteiger partial charge in [0.05, 0.1) is 15.6 Å². The van der Waals surface area contributed by atoms with E-state index in [-0.39, 0.29) is 10.8 Å². The van der Waals surface area contributed by atoms with Gasteiger partial charge in [-0.25, -0.2) is 9.78 Å². The van der Waals surface area contributed by atoms with Crippen molar-refractivity contribution in [3.05, 3.63) is 99.7 Å². The van der Waals surface area contributed by atoms with Crippen LogP contribution in [0.5, 0.6) is 11.5 Å². The number of hydrogen-bond acceptors (Lipinski definition) is 4. The van der Waals surface area contributed by atoms with Gasteiger partial charge in [-0.2, -0.15) is 0 Å². The number of nitrogens with zero attached hydrogens (tertiary/aromatic N) is 1. The fraction of sp³-hybridized carbons (Fsp3) is 0.0833. The normalized spacial score (nSPS) is 10.8. The molecular formula is C24H17Cl2NO3. The molecule has 3 aromatic carbocycles. The Kier molecular flexibility index (Phi) is 5.88. The summed E-state index contributed by atoms with van der Waals surface area (Å²) in [5.74, 6) is 0.452. The Morgan fingerprint density at radius 2 is 1.67 bits per heavy atom. The molecule has 1 aromatic heterocycles. The Morgan fingerprint density at radius 3 is 2.40 bits per heavy atom. The van der Waals surface area contributed by atoms with E-state index < -0.39 is 5.97 Å². The first-order chi connectivity index (χ1) is 14.5. The van der Waals surface area contributed by atoms with E-state index in [1.165, 1.54) is 0 Å². The molecule has 0 fully saturated rings. The molecule has 0 bridgehead atoms. The van der Waals surface area contributed by atoms with Gasteiger partial charge >= 0.3 is 5.97 Å². The van der Waals surface area contributed by atoms with Gasteiger partial charge in [0.25, 0.3) is 0 Å². The number of ether oxygens (including phenoxy) is 2. The number of carbonyl (C=O) groups is 1. The van der Waals surface area contributed by atoms with E-state index in [2.05, 4.69) is 4.98 Å². The molecule has 0 spiro atoms. The Morgan fingerprint density at radius 1 is 0.933 bits per heavy atom. The summed E-state index contributed by atoms with van der Waals surface area (Å²) >= 11 is 12.6. The third kappa shape index (κ3) is 4.40. The minimum atomic E-state index is -0.528. The summed E-state index contributed by atoms with van der Waals surface area (Å²) in [6.45, 7) is 2.24. The molecule has 4 rings (SSSR count). The fourth-order valence-corrected chi connectivity index (χ4v) is 3.51. The highest BCUT2D eigenvalue weighted by molar-refractivity contribution is 6.39. The zero-order chi connectivity index (χ0) is 21.1. The Hall–Kier alpha value is -3.08. The maximum absolute atomic E-state index is 12.7. The van der Waals surface area contributed by atoms with Crippen LogP contribution in [0.1, 0.15) is 21.6 Å². The third-order valence-corrected chi connectivity index (χ3v) is 5.10. The van der Waals surface area contributed by atoms with Gasteiger partial charge in [0.1, 0.15) is 17.9 Å². The summed E-state index contributed by atoms with van der Waals surface area (Å²) in [5.41, 5.74) is 2.54. The van der Waals surface area contributed by atoms with E-state index >= 15 is 0 Å². The van der Waals surface area contributed by atoms with Gasteiger partial charge in [-0.05, 0) is 55.0 Å². The minimum absolute atomic E-state index is 0.196. The van der Waals surface area contributed by atoms with Crippen LogP contribution in [0.2, 0.25) is 10.0 Å². The molecule has 0 N–H and O–H groups in total. The number of esters is 1. The first kappa shape index (κ1) is 20.2. The summed E-state index contributed by atoms with van der Waals surface area (Å²) in [5, 5.41) is 1.35. The van der Waals surface area contributed by atoms with Crippen molar-refractivity contribution in [3.63, 3.8) is 0 Å². The summed E-state index contributed by atoms with van der Waals surface area (Å²) < 4.78 is 11.3. The number of fused-ring (bicyclic) bond motifs is 1. The molecule has 0 unspecified atom stereocenters. The summed E-state index contributed by atoms with van der Waals surface area (Å²) in [4.78, 5) is 17.1. The average molecular weight is 438 g/mol. The van der Waals surface area contributed by atoms with Crippen LogP contribution >= 0.6 is 23.2 Å². The van der Waals surface area contributed by atoms with Gasteiger partial charge < -0.3 is 9.47 Å². The molecule has 0 radical (unpaired) electrons. The molecule has 30 heavy (non-hydrogen) atoms. The van der Waals surface area contributed by atoms with E-state index in [9.17, 15) is 4.79 Å². The summed E-state index contributed by atoms with van der Waals surface area (Å²) in [6, 6.07) is 21.8. The first-order valence-electron chi connectivity index (χ1n) is 9.25. The molecule has 0 amide bonds. The molecule has 4 nitrogen and oxygen atoms in total. The van der Waals surface area contributed by atoms with Crippen LogP contribution in [-0.2, 0) is 6.61 Å². The largest absolute Gasteiger partial charge is 0.489 e. The molecule has 6 heteroatoms. The number of benzene rings is 3. The fourth-order valence-electron chi connectivity index (χ4n) is 2.96. The van der Waals surface area contributed by atoms with Crippen LogP contribution < -0.4 is 9.47 Å². The van der Waals surface area contributed by atoms with Gasteiger partial charge in [-0.15, -0.1) is 0 Å². The van der Waals surface area contributed by atoms with E-state index in [0.29, 0.717) is 28.1 Å². The standard InChI is InChI=1S/C24H17Cl2NO3/c1-15-7-12-19-20(25)13-21(26)23(22(19)27-15)30-24(28)17-10-8-16(9-11-17)14-29-18-5-3-2-4-6-18/h2-13H,14H2,1H3. The molecule has 0 aliphatic carbocycles. The van der Waals surface area contributed by atoms with E-state index in [1.807, 2.05) is 61.5 Å². The monoisotopic (exact) mass is 437 g/mol. The maximum atomic E-state index is 12.7. The molecule has 0 aliphatic heterocycles. The molecule has 0 saturated carbocycles. The highest BCUT2D eigenvalue weighted by Crippen LogP contribution is 2.37. The number of aryl methyl sites for hydroxylation is 1. The lowest BCUT2D eigenvalue weighted by Gasteiger charge is -2.11. The Balaban J connectivity index is 1.52. The molecular weight excluding hydrogens is 421 g/mol. The van der Waals surface area contributed by atoms with Gasteiger partial charge in [0.15, 0.2) is 5.75 Å². The number of pyridine rings is 1. The second-order valence-electron chi connectivity index (χ2n) is 6.71. The van der Waals surface area contributed by atoms with E-state index in [0.717, 1.165) is 17.0 Å². The number of aromatic nitrogens is 1. The first-order valence-corrected chi connectivity index (χ1v) is 10.0. The third-order valence-electron chi connectivity index (χ3n) is 4.51. The van der Waals surface area contributed by atoms with Crippen molar-refractivity contribution in [1.29, 1.82) is 0 Å². The van der Waals surface area contributed by atoms with Crippen LogP contribution in [0, 0.1) is 6.92 Å². The van der Waals surface area contributed by atoms with E-state index in [4.69, 9.17) is 32.7 Å². The molecule has 1 heterocycles. The van der Waals surface area contributed by atoms with Crippen molar-refractivity contribution in [1.82, 2.24) is 4.98 Å². The highest BCUT2D eigenvalue weighted by atomic mass is 35.5. The highest BCUT2D eigenvalue weighted by Gasteiger charge is 2.17. The predicted molar refractivity (Wildman–Crippen MR) is 119 cm³/mol. The Labute approximate surface area is 184 Å². The molecule has 0 saturated heterocycles. The quantitative estimate of drug-likeness (QED) is 0.259. The predicted octanol–water partition coefficient (Wildman–Crippen LogP) is 6.65. The number of halogens is 2. The van der Waals surface area contributed by atoms with Crippen LogP contribution in [0.15, 0.2) is 72.8 Å². The second-order valence-corrected chi connectivity index (χ2v) is 7.52. The lowest BCUT2D eigenvalue weighted by molar-refractivity contribution is 0.0737.